The number of hydrogen-bond acceptors (Lipinski definition) is 4. The number of rotatable bonds is 2. The minimum absolute atomic E-state index is 0.326. The summed E-state index contributed by atoms with van der Waals surface area (Å²) < 4.78 is 6.74. The number of carbonyl (C=O) groups excluding carboxylic acids is 1. The summed E-state index contributed by atoms with van der Waals surface area (Å²) >= 11 is 1.62. The van der Waals surface area contributed by atoms with Crippen LogP contribution in [0.2, 0.25) is 0 Å². The average Bonchev–Trinajstić information content (AvgIpc) is 3.01. The molecule has 2 heterocycles. The third-order valence-corrected chi connectivity index (χ3v) is 3.95. The molecule has 19 heavy (non-hydrogen) atoms. The molecule has 0 unspecified atom stereocenters. The third kappa shape index (κ3) is 2.02. The number of esters is 1. The van der Waals surface area contributed by atoms with Gasteiger partial charge in [-0.15, -0.1) is 11.3 Å². The highest BCUT2D eigenvalue weighted by Gasteiger charge is 2.09. The zero-order chi connectivity index (χ0) is 13.4. The number of aryl methyl sites for hydroxylation is 1. The van der Waals surface area contributed by atoms with Gasteiger partial charge < -0.3 is 4.74 Å². The van der Waals surface area contributed by atoms with Gasteiger partial charge in [-0.25, -0.2) is 9.78 Å². The quantitative estimate of drug-likeness (QED) is 0.673. The van der Waals surface area contributed by atoms with Crippen LogP contribution >= 0.6 is 11.3 Å². The highest BCUT2D eigenvalue weighted by Crippen LogP contribution is 2.23. The Hall–Kier alpha value is -2.14. The number of thiazole rings is 1. The minimum atomic E-state index is -0.326. The molecule has 0 N–H and O–H groups in total. The van der Waals surface area contributed by atoms with Crippen LogP contribution in [0, 0.1) is 6.92 Å². The lowest BCUT2D eigenvalue weighted by Gasteiger charge is -2.00. The number of ether oxygens (including phenoxy) is 1. The van der Waals surface area contributed by atoms with Gasteiger partial charge in [0.15, 0.2) is 4.96 Å². The van der Waals surface area contributed by atoms with Gasteiger partial charge in [-0.3, -0.25) is 4.40 Å². The fourth-order valence-electron chi connectivity index (χ4n) is 1.93. The van der Waals surface area contributed by atoms with E-state index in [1.807, 2.05) is 18.3 Å². The molecule has 3 aromatic rings. The maximum absolute atomic E-state index is 11.4. The largest absolute Gasteiger partial charge is 0.465 e. The molecule has 0 aliphatic rings. The van der Waals surface area contributed by atoms with E-state index >= 15 is 0 Å². The second-order valence-corrected chi connectivity index (χ2v) is 5.06. The van der Waals surface area contributed by atoms with Gasteiger partial charge >= 0.3 is 5.97 Å². The van der Waals surface area contributed by atoms with Crippen LogP contribution in [-0.4, -0.2) is 22.5 Å². The molecule has 0 spiro atoms. The Balaban J connectivity index is 1.99. The van der Waals surface area contributed by atoms with Crippen molar-refractivity contribution in [3.05, 3.63) is 47.1 Å². The van der Waals surface area contributed by atoms with Gasteiger partial charge in [-0.05, 0) is 19.1 Å². The van der Waals surface area contributed by atoms with Crippen molar-refractivity contribution in [2.24, 2.45) is 0 Å². The van der Waals surface area contributed by atoms with Crippen molar-refractivity contribution in [3.8, 4) is 11.3 Å². The Morgan fingerprint density at radius 3 is 2.68 bits per heavy atom. The van der Waals surface area contributed by atoms with Gasteiger partial charge in [-0.2, -0.15) is 0 Å². The van der Waals surface area contributed by atoms with Gasteiger partial charge in [0.2, 0.25) is 0 Å². The van der Waals surface area contributed by atoms with Gasteiger partial charge in [0.1, 0.15) is 0 Å². The van der Waals surface area contributed by atoms with E-state index in [0.717, 1.165) is 16.2 Å². The van der Waals surface area contributed by atoms with Crippen LogP contribution in [0.25, 0.3) is 16.2 Å². The standard InChI is InChI=1S/C14H12N2O2S/c1-9-8-19-14-15-12(7-16(9)14)10-3-5-11(6-4-10)13(17)18-2/h3-8H,1-2H3. The summed E-state index contributed by atoms with van der Waals surface area (Å²) in [6.07, 6.45) is 2.01. The summed E-state index contributed by atoms with van der Waals surface area (Å²) in [5.74, 6) is -0.326. The summed E-state index contributed by atoms with van der Waals surface area (Å²) in [5.41, 5.74) is 3.61. The van der Waals surface area contributed by atoms with E-state index in [9.17, 15) is 4.79 Å². The number of nitrogens with zero attached hydrogens (tertiary/aromatic N) is 2. The minimum Gasteiger partial charge on any atom is -0.465 e. The van der Waals surface area contributed by atoms with E-state index in [2.05, 4.69) is 26.4 Å². The number of hydrogen-bond donors (Lipinski definition) is 0. The molecule has 1 aromatic carbocycles. The Labute approximate surface area is 114 Å². The van der Waals surface area contributed by atoms with Crippen molar-refractivity contribution in [3.63, 3.8) is 0 Å². The molecule has 0 saturated heterocycles. The van der Waals surface area contributed by atoms with Crippen molar-refractivity contribution in [1.29, 1.82) is 0 Å². The molecule has 4 nitrogen and oxygen atoms in total. The first-order valence-corrected chi connectivity index (χ1v) is 6.69. The Morgan fingerprint density at radius 1 is 1.32 bits per heavy atom. The highest BCUT2D eigenvalue weighted by molar-refractivity contribution is 7.15. The molecule has 0 aliphatic carbocycles. The molecule has 0 atom stereocenters. The molecule has 0 amide bonds. The van der Waals surface area contributed by atoms with Gasteiger partial charge in [-0.1, -0.05) is 12.1 Å². The van der Waals surface area contributed by atoms with Crippen LogP contribution in [0.5, 0.6) is 0 Å². The number of imidazole rings is 1. The Bertz CT molecular complexity index is 740. The van der Waals surface area contributed by atoms with Crippen molar-refractivity contribution >= 4 is 22.3 Å². The first-order valence-electron chi connectivity index (χ1n) is 5.81. The Morgan fingerprint density at radius 2 is 2.05 bits per heavy atom. The predicted octanol–water partition coefficient (Wildman–Crippen LogP) is 3.16. The topological polar surface area (TPSA) is 43.6 Å². The van der Waals surface area contributed by atoms with Crippen molar-refractivity contribution in [2.75, 3.05) is 7.11 Å². The molecule has 3 rings (SSSR count). The van der Waals surface area contributed by atoms with Crippen molar-refractivity contribution < 1.29 is 9.53 Å². The SMILES string of the molecule is COC(=O)c1ccc(-c2cn3c(C)csc3n2)cc1. The van der Waals surface area contributed by atoms with Crippen LogP contribution in [0.3, 0.4) is 0 Å². The summed E-state index contributed by atoms with van der Waals surface area (Å²) in [4.78, 5) is 16.9. The smallest absolute Gasteiger partial charge is 0.337 e. The van der Waals surface area contributed by atoms with Crippen molar-refractivity contribution in [1.82, 2.24) is 9.38 Å². The summed E-state index contributed by atoms with van der Waals surface area (Å²) in [6.45, 7) is 2.05. The fourth-order valence-corrected chi connectivity index (χ4v) is 2.78. The zero-order valence-corrected chi connectivity index (χ0v) is 11.4. The summed E-state index contributed by atoms with van der Waals surface area (Å²) in [7, 11) is 1.38. The lowest BCUT2D eigenvalue weighted by atomic mass is 10.1. The van der Waals surface area contributed by atoms with E-state index in [0.29, 0.717) is 5.56 Å². The van der Waals surface area contributed by atoms with Gasteiger partial charge in [0.05, 0.1) is 18.4 Å². The lowest BCUT2D eigenvalue weighted by Crippen LogP contribution is -2.00. The second-order valence-electron chi connectivity index (χ2n) is 4.22. The summed E-state index contributed by atoms with van der Waals surface area (Å²) in [5, 5.41) is 2.08. The van der Waals surface area contributed by atoms with E-state index < -0.39 is 0 Å². The first-order chi connectivity index (χ1) is 9.19. The molecular formula is C14H12N2O2S. The van der Waals surface area contributed by atoms with E-state index in [-0.39, 0.29) is 5.97 Å². The maximum Gasteiger partial charge on any atom is 0.337 e. The Kier molecular flexibility index (Phi) is 2.83. The van der Waals surface area contributed by atoms with Crippen LogP contribution in [0.1, 0.15) is 16.1 Å². The average molecular weight is 272 g/mol. The van der Waals surface area contributed by atoms with Crippen LogP contribution in [-0.2, 0) is 4.74 Å². The predicted molar refractivity (Wildman–Crippen MR) is 74.6 cm³/mol. The van der Waals surface area contributed by atoms with Crippen molar-refractivity contribution in [2.45, 2.75) is 6.92 Å². The maximum atomic E-state index is 11.4. The van der Waals surface area contributed by atoms with Crippen LogP contribution < -0.4 is 0 Å². The van der Waals surface area contributed by atoms with E-state index in [1.54, 1.807) is 23.5 Å². The second kappa shape index (κ2) is 4.51. The number of aromatic nitrogens is 2. The monoisotopic (exact) mass is 272 g/mol. The molecule has 0 bridgehead atoms. The van der Waals surface area contributed by atoms with Gasteiger partial charge in [0, 0.05) is 22.8 Å². The lowest BCUT2D eigenvalue weighted by molar-refractivity contribution is 0.0601. The van der Waals surface area contributed by atoms with Gasteiger partial charge in [0.25, 0.3) is 0 Å². The fraction of sp³-hybridized carbons (Fsp3) is 0.143. The number of carbonyl (C=O) groups is 1. The molecule has 96 valence electrons. The number of methoxy groups -OCH3 is 1. The molecule has 0 aliphatic heterocycles. The van der Waals surface area contributed by atoms with E-state index in [4.69, 9.17) is 0 Å². The van der Waals surface area contributed by atoms with Crippen LogP contribution in [0.15, 0.2) is 35.8 Å². The highest BCUT2D eigenvalue weighted by atomic mass is 32.1. The molecular weight excluding hydrogens is 260 g/mol. The molecule has 5 heteroatoms. The number of benzene rings is 1. The third-order valence-electron chi connectivity index (χ3n) is 2.99. The zero-order valence-electron chi connectivity index (χ0n) is 10.6. The van der Waals surface area contributed by atoms with E-state index in [1.165, 1.54) is 12.8 Å². The molecule has 0 fully saturated rings. The number of fused-ring (bicyclic) bond motifs is 1. The molecule has 0 saturated carbocycles. The van der Waals surface area contributed by atoms with Crippen LogP contribution in [0.4, 0.5) is 0 Å². The normalized spacial score (nSPS) is 10.8. The molecule has 0 radical (unpaired) electrons. The first kappa shape index (κ1) is 11.9. The molecule has 2 aromatic heterocycles. The summed E-state index contributed by atoms with van der Waals surface area (Å²) in [6, 6.07) is 7.27.